The van der Waals surface area contributed by atoms with Crippen LogP contribution in [0, 0.1) is 0 Å². The smallest absolute Gasteiger partial charge is 0.417 e. The van der Waals surface area contributed by atoms with Gasteiger partial charge in [-0.3, -0.25) is 13.9 Å². The SMILES string of the molecule is Cn1c(O)c(C=Nc2ncc(C(F)(F)F)cc2Cl)c(=O)n(C)c1=O. The number of pyridine rings is 1. The minimum Gasteiger partial charge on any atom is -0.494 e. The normalized spacial score (nSPS) is 12.1. The molecule has 0 aliphatic rings. The van der Waals surface area contributed by atoms with Crippen molar-refractivity contribution < 1.29 is 18.3 Å². The van der Waals surface area contributed by atoms with Crippen LogP contribution in [0.15, 0.2) is 26.8 Å². The molecule has 24 heavy (non-hydrogen) atoms. The van der Waals surface area contributed by atoms with Gasteiger partial charge in [0, 0.05) is 26.5 Å². The second kappa shape index (κ2) is 6.11. The van der Waals surface area contributed by atoms with Gasteiger partial charge < -0.3 is 5.11 Å². The van der Waals surface area contributed by atoms with E-state index in [1.165, 1.54) is 14.1 Å². The molecule has 0 aliphatic carbocycles. The third kappa shape index (κ3) is 3.18. The number of hydrogen-bond acceptors (Lipinski definition) is 5. The van der Waals surface area contributed by atoms with Crippen LogP contribution >= 0.6 is 11.6 Å². The molecule has 0 radical (unpaired) electrons. The number of aromatic hydroxyl groups is 1. The summed E-state index contributed by atoms with van der Waals surface area (Å²) in [5.41, 5.74) is -2.97. The lowest BCUT2D eigenvalue weighted by Crippen LogP contribution is -2.38. The van der Waals surface area contributed by atoms with Crippen LogP contribution in [0.1, 0.15) is 11.1 Å². The molecule has 2 aromatic heterocycles. The fourth-order valence-electron chi connectivity index (χ4n) is 1.78. The van der Waals surface area contributed by atoms with Gasteiger partial charge in [-0.1, -0.05) is 11.6 Å². The van der Waals surface area contributed by atoms with Crippen LogP contribution in [0.2, 0.25) is 5.02 Å². The maximum atomic E-state index is 12.5. The van der Waals surface area contributed by atoms with E-state index < -0.39 is 28.9 Å². The summed E-state index contributed by atoms with van der Waals surface area (Å²) in [6, 6.07) is 0.639. The molecular formula is C13H10ClF3N4O3. The summed E-state index contributed by atoms with van der Waals surface area (Å²) in [7, 11) is 2.43. The number of aromatic nitrogens is 3. The summed E-state index contributed by atoms with van der Waals surface area (Å²) in [6.45, 7) is 0. The summed E-state index contributed by atoms with van der Waals surface area (Å²) in [5, 5.41) is 9.45. The Bertz CT molecular complexity index is 947. The van der Waals surface area contributed by atoms with Crippen molar-refractivity contribution in [3.8, 4) is 5.88 Å². The monoisotopic (exact) mass is 362 g/mol. The van der Waals surface area contributed by atoms with E-state index in [4.69, 9.17) is 11.6 Å². The van der Waals surface area contributed by atoms with Gasteiger partial charge in [0.05, 0.1) is 10.6 Å². The molecule has 0 fully saturated rings. The molecule has 0 bridgehead atoms. The molecule has 7 nitrogen and oxygen atoms in total. The summed E-state index contributed by atoms with van der Waals surface area (Å²) in [6.07, 6.45) is -3.19. The molecule has 2 rings (SSSR count). The van der Waals surface area contributed by atoms with E-state index in [-0.39, 0.29) is 16.4 Å². The lowest BCUT2D eigenvalue weighted by atomic mass is 10.3. The van der Waals surface area contributed by atoms with Crippen molar-refractivity contribution in [2.75, 3.05) is 0 Å². The van der Waals surface area contributed by atoms with Gasteiger partial charge in [-0.05, 0) is 6.07 Å². The summed E-state index contributed by atoms with van der Waals surface area (Å²) in [5.74, 6) is -0.921. The minimum absolute atomic E-state index is 0.278. The molecule has 2 heterocycles. The van der Waals surface area contributed by atoms with Crippen LogP contribution < -0.4 is 11.2 Å². The van der Waals surface area contributed by atoms with Gasteiger partial charge in [-0.15, -0.1) is 0 Å². The van der Waals surface area contributed by atoms with Gasteiger partial charge in [0.25, 0.3) is 5.56 Å². The zero-order valence-electron chi connectivity index (χ0n) is 12.3. The molecule has 0 atom stereocenters. The Balaban J connectivity index is 2.50. The highest BCUT2D eigenvalue weighted by Gasteiger charge is 2.31. The lowest BCUT2D eigenvalue weighted by molar-refractivity contribution is -0.137. The Hall–Kier alpha value is -2.62. The van der Waals surface area contributed by atoms with Gasteiger partial charge in [-0.2, -0.15) is 13.2 Å². The molecular weight excluding hydrogens is 353 g/mol. The van der Waals surface area contributed by atoms with Gasteiger partial charge >= 0.3 is 11.9 Å². The molecule has 128 valence electrons. The Labute approximate surface area is 137 Å². The van der Waals surface area contributed by atoms with Crippen LogP contribution in [0.5, 0.6) is 5.88 Å². The summed E-state index contributed by atoms with van der Waals surface area (Å²) in [4.78, 5) is 30.7. The number of halogens is 4. The fraction of sp³-hybridized carbons (Fsp3) is 0.231. The predicted octanol–water partition coefficient (Wildman–Crippen LogP) is 1.61. The van der Waals surface area contributed by atoms with Crippen molar-refractivity contribution in [1.29, 1.82) is 0 Å². The number of hydrogen-bond donors (Lipinski definition) is 1. The first kappa shape index (κ1) is 17.7. The van der Waals surface area contributed by atoms with Gasteiger partial charge in [0.2, 0.25) is 5.88 Å². The average molecular weight is 363 g/mol. The van der Waals surface area contributed by atoms with E-state index in [0.717, 1.165) is 15.3 Å². The molecule has 11 heteroatoms. The first-order valence-corrected chi connectivity index (χ1v) is 6.67. The highest BCUT2D eigenvalue weighted by Crippen LogP contribution is 2.33. The second-order valence-electron chi connectivity index (χ2n) is 4.73. The Morgan fingerprint density at radius 2 is 1.92 bits per heavy atom. The highest BCUT2D eigenvalue weighted by atomic mass is 35.5. The van der Waals surface area contributed by atoms with Crippen LogP contribution in [0.25, 0.3) is 0 Å². The Morgan fingerprint density at radius 1 is 1.29 bits per heavy atom. The fourth-order valence-corrected chi connectivity index (χ4v) is 1.99. The average Bonchev–Trinajstić information content (AvgIpc) is 2.51. The Morgan fingerprint density at radius 3 is 2.46 bits per heavy atom. The first-order chi connectivity index (χ1) is 11.0. The maximum absolute atomic E-state index is 12.5. The largest absolute Gasteiger partial charge is 0.494 e. The van der Waals surface area contributed by atoms with Crippen molar-refractivity contribution in [2.45, 2.75) is 6.18 Å². The van der Waals surface area contributed by atoms with Crippen LogP contribution in [-0.4, -0.2) is 25.4 Å². The Kier molecular flexibility index (Phi) is 4.52. The van der Waals surface area contributed by atoms with E-state index >= 15 is 0 Å². The van der Waals surface area contributed by atoms with E-state index in [1.807, 2.05) is 0 Å². The lowest BCUT2D eigenvalue weighted by Gasteiger charge is -2.08. The predicted molar refractivity (Wildman–Crippen MR) is 80.1 cm³/mol. The molecule has 0 saturated heterocycles. The molecule has 0 amide bonds. The minimum atomic E-state index is -4.61. The third-order valence-corrected chi connectivity index (χ3v) is 3.41. The van der Waals surface area contributed by atoms with Crippen LogP contribution in [-0.2, 0) is 20.3 Å². The molecule has 2 aromatic rings. The zero-order chi connectivity index (χ0) is 18.2. The number of rotatable bonds is 2. The number of nitrogens with zero attached hydrogens (tertiary/aromatic N) is 4. The first-order valence-electron chi connectivity index (χ1n) is 6.29. The van der Waals surface area contributed by atoms with E-state index in [1.54, 1.807) is 0 Å². The second-order valence-corrected chi connectivity index (χ2v) is 5.14. The number of aliphatic imine (C=N–C) groups is 1. The van der Waals surface area contributed by atoms with Crippen LogP contribution in [0.4, 0.5) is 19.0 Å². The molecule has 0 aliphatic heterocycles. The van der Waals surface area contributed by atoms with Crippen molar-refractivity contribution in [3.05, 3.63) is 49.3 Å². The molecule has 0 saturated carbocycles. The molecule has 0 aromatic carbocycles. The molecule has 1 N–H and O–H groups in total. The standard InChI is InChI=1S/C13H10ClF3N4O3/c1-20-10(22)7(11(23)21(2)12(20)24)5-19-9-8(14)3-6(4-18-9)13(15,16)17/h3-5,22H,1-2H3. The van der Waals surface area contributed by atoms with E-state index in [0.29, 0.717) is 12.3 Å². The van der Waals surface area contributed by atoms with E-state index in [2.05, 4.69) is 9.98 Å². The molecule has 0 spiro atoms. The third-order valence-electron chi connectivity index (χ3n) is 3.13. The van der Waals surface area contributed by atoms with Crippen molar-refractivity contribution in [1.82, 2.24) is 14.1 Å². The van der Waals surface area contributed by atoms with Gasteiger partial charge in [0.15, 0.2) is 5.82 Å². The van der Waals surface area contributed by atoms with Crippen molar-refractivity contribution >= 4 is 23.6 Å². The van der Waals surface area contributed by atoms with Crippen molar-refractivity contribution in [2.24, 2.45) is 19.1 Å². The zero-order valence-corrected chi connectivity index (χ0v) is 13.1. The van der Waals surface area contributed by atoms with Gasteiger partial charge in [-0.25, -0.2) is 14.8 Å². The van der Waals surface area contributed by atoms with E-state index in [9.17, 15) is 27.9 Å². The van der Waals surface area contributed by atoms with Crippen LogP contribution in [0.3, 0.4) is 0 Å². The number of alkyl halides is 3. The summed E-state index contributed by atoms with van der Waals surface area (Å²) >= 11 is 5.69. The summed E-state index contributed by atoms with van der Waals surface area (Å²) < 4.78 is 39.2. The topological polar surface area (TPSA) is 89.5 Å². The highest BCUT2D eigenvalue weighted by molar-refractivity contribution is 6.32. The molecule has 0 unspecified atom stereocenters. The van der Waals surface area contributed by atoms with Gasteiger partial charge in [0.1, 0.15) is 5.56 Å². The quantitative estimate of drug-likeness (QED) is 0.822. The van der Waals surface area contributed by atoms with Crippen molar-refractivity contribution in [3.63, 3.8) is 0 Å². The maximum Gasteiger partial charge on any atom is 0.417 e.